The lowest BCUT2D eigenvalue weighted by Gasteiger charge is -2.02. The predicted octanol–water partition coefficient (Wildman–Crippen LogP) is 2.86. The number of carbonyl (C=O) groups is 1. The van der Waals surface area contributed by atoms with Crippen molar-refractivity contribution in [2.75, 3.05) is 6.54 Å². The van der Waals surface area contributed by atoms with Gasteiger partial charge in [0.05, 0.1) is 0 Å². The van der Waals surface area contributed by atoms with Crippen molar-refractivity contribution in [1.29, 1.82) is 0 Å². The molecule has 0 saturated heterocycles. The maximum Gasteiger partial charge on any atom is 0.273 e. The summed E-state index contributed by atoms with van der Waals surface area (Å²) in [6.45, 7) is 6.75. The van der Waals surface area contributed by atoms with Gasteiger partial charge in [-0.25, -0.2) is 0 Å². The van der Waals surface area contributed by atoms with Gasteiger partial charge in [-0.2, -0.15) is 0 Å². The van der Waals surface area contributed by atoms with E-state index in [0.29, 0.717) is 12.2 Å². The Morgan fingerprint density at radius 3 is 2.65 bits per heavy atom. The number of hydrogen-bond acceptors (Lipinski definition) is 3. The summed E-state index contributed by atoms with van der Waals surface area (Å²) in [6.07, 6.45) is 5.38. The summed E-state index contributed by atoms with van der Waals surface area (Å²) in [5.74, 6) is 0.670. The third-order valence-electron chi connectivity index (χ3n) is 2.87. The number of nitrogens with zero attached hydrogens (tertiary/aromatic N) is 1. The standard InChI is InChI=1S/C13H22N2O2/c1-4-6-7-8-9-14-13(16)12-10(3)11(5-2)17-15-12/h4-9H2,1-3H3,(H,14,16). The van der Waals surface area contributed by atoms with Crippen LogP contribution in [0.15, 0.2) is 4.52 Å². The highest BCUT2D eigenvalue weighted by Gasteiger charge is 2.16. The quantitative estimate of drug-likeness (QED) is 0.743. The molecule has 0 radical (unpaired) electrons. The first-order valence-electron chi connectivity index (χ1n) is 6.44. The summed E-state index contributed by atoms with van der Waals surface area (Å²) < 4.78 is 5.10. The van der Waals surface area contributed by atoms with Crippen molar-refractivity contribution in [2.45, 2.75) is 52.9 Å². The second-order valence-electron chi connectivity index (χ2n) is 4.25. The van der Waals surface area contributed by atoms with E-state index in [1.165, 1.54) is 12.8 Å². The summed E-state index contributed by atoms with van der Waals surface area (Å²) in [6, 6.07) is 0. The number of hydrogen-bond donors (Lipinski definition) is 1. The van der Waals surface area contributed by atoms with Crippen LogP contribution in [0.4, 0.5) is 0 Å². The molecular weight excluding hydrogens is 216 g/mol. The highest BCUT2D eigenvalue weighted by molar-refractivity contribution is 5.93. The molecule has 1 heterocycles. The summed E-state index contributed by atoms with van der Waals surface area (Å²) in [7, 11) is 0. The van der Waals surface area contributed by atoms with Gasteiger partial charge in [-0.05, 0) is 13.3 Å². The molecule has 0 aromatic carbocycles. The monoisotopic (exact) mass is 238 g/mol. The van der Waals surface area contributed by atoms with Gasteiger partial charge in [-0.15, -0.1) is 0 Å². The Kier molecular flexibility index (Phi) is 5.73. The van der Waals surface area contributed by atoms with Crippen LogP contribution in [0.1, 0.15) is 61.3 Å². The molecule has 0 unspecified atom stereocenters. The molecular formula is C13H22N2O2. The van der Waals surface area contributed by atoms with Crippen molar-refractivity contribution in [3.63, 3.8) is 0 Å². The average molecular weight is 238 g/mol. The molecule has 0 aliphatic rings. The highest BCUT2D eigenvalue weighted by atomic mass is 16.5. The Morgan fingerprint density at radius 2 is 2.06 bits per heavy atom. The van der Waals surface area contributed by atoms with Gasteiger partial charge < -0.3 is 9.84 Å². The highest BCUT2D eigenvalue weighted by Crippen LogP contribution is 2.13. The van der Waals surface area contributed by atoms with Crippen molar-refractivity contribution < 1.29 is 9.32 Å². The molecule has 0 aliphatic heterocycles. The number of nitrogens with one attached hydrogen (secondary N) is 1. The predicted molar refractivity (Wildman–Crippen MR) is 67.1 cm³/mol. The van der Waals surface area contributed by atoms with Crippen LogP contribution >= 0.6 is 0 Å². The molecule has 0 fully saturated rings. The zero-order valence-electron chi connectivity index (χ0n) is 11.0. The summed E-state index contributed by atoms with van der Waals surface area (Å²) in [5.41, 5.74) is 1.29. The summed E-state index contributed by atoms with van der Waals surface area (Å²) >= 11 is 0. The number of carbonyl (C=O) groups excluding carboxylic acids is 1. The van der Waals surface area contributed by atoms with Gasteiger partial charge >= 0.3 is 0 Å². The van der Waals surface area contributed by atoms with Gasteiger partial charge in [0.25, 0.3) is 5.91 Å². The van der Waals surface area contributed by atoms with E-state index in [4.69, 9.17) is 4.52 Å². The van der Waals surface area contributed by atoms with Crippen LogP contribution in [0.5, 0.6) is 0 Å². The van der Waals surface area contributed by atoms with E-state index in [1.54, 1.807) is 0 Å². The Hall–Kier alpha value is -1.32. The molecule has 1 rings (SSSR count). The Bertz CT molecular complexity index is 358. The molecule has 1 amide bonds. The second kappa shape index (κ2) is 7.09. The Morgan fingerprint density at radius 1 is 1.29 bits per heavy atom. The molecule has 1 aromatic rings. The second-order valence-corrected chi connectivity index (χ2v) is 4.25. The van der Waals surface area contributed by atoms with Crippen LogP contribution in [0.3, 0.4) is 0 Å². The molecule has 0 bridgehead atoms. The molecule has 0 aliphatic carbocycles. The number of amides is 1. The van der Waals surface area contributed by atoms with Crippen molar-refractivity contribution in [3.8, 4) is 0 Å². The Balaban J connectivity index is 2.39. The fraction of sp³-hybridized carbons (Fsp3) is 0.692. The van der Waals surface area contributed by atoms with Gasteiger partial charge in [-0.1, -0.05) is 38.3 Å². The minimum absolute atomic E-state index is 0.123. The van der Waals surface area contributed by atoms with Gasteiger partial charge in [0, 0.05) is 18.5 Å². The molecule has 4 heteroatoms. The fourth-order valence-corrected chi connectivity index (χ4v) is 1.75. The summed E-state index contributed by atoms with van der Waals surface area (Å²) in [5, 5.41) is 6.69. The van der Waals surface area contributed by atoms with Crippen molar-refractivity contribution in [3.05, 3.63) is 17.0 Å². The average Bonchev–Trinajstić information content (AvgIpc) is 2.70. The number of unbranched alkanes of at least 4 members (excludes halogenated alkanes) is 3. The molecule has 17 heavy (non-hydrogen) atoms. The van der Waals surface area contributed by atoms with Crippen LogP contribution < -0.4 is 5.32 Å². The molecule has 1 aromatic heterocycles. The van der Waals surface area contributed by atoms with E-state index in [1.807, 2.05) is 13.8 Å². The number of aromatic nitrogens is 1. The van der Waals surface area contributed by atoms with E-state index >= 15 is 0 Å². The third-order valence-corrected chi connectivity index (χ3v) is 2.87. The normalized spacial score (nSPS) is 10.5. The van der Waals surface area contributed by atoms with Crippen molar-refractivity contribution in [1.82, 2.24) is 10.5 Å². The molecule has 1 N–H and O–H groups in total. The van der Waals surface area contributed by atoms with E-state index < -0.39 is 0 Å². The smallest absolute Gasteiger partial charge is 0.273 e. The van der Waals surface area contributed by atoms with Gasteiger partial charge in [0.1, 0.15) is 5.76 Å². The van der Waals surface area contributed by atoms with Crippen LogP contribution in [-0.4, -0.2) is 17.6 Å². The lowest BCUT2D eigenvalue weighted by Crippen LogP contribution is -2.25. The van der Waals surface area contributed by atoms with E-state index in [-0.39, 0.29) is 5.91 Å². The van der Waals surface area contributed by atoms with E-state index in [9.17, 15) is 4.79 Å². The van der Waals surface area contributed by atoms with Crippen LogP contribution in [0.25, 0.3) is 0 Å². The first-order chi connectivity index (χ1) is 8.20. The zero-order chi connectivity index (χ0) is 12.7. The van der Waals surface area contributed by atoms with Crippen LogP contribution in [0, 0.1) is 6.92 Å². The van der Waals surface area contributed by atoms with Gasteiger partial charge in [-0.3, -0.25) is 4.79 Å². The maximum absolute atomic E-state index is 11.8. The fourth-order valence-electron chi connectivity index (χ4n) is 1.75. The minimum Gasteiger partial charge on any atom is -0.360 e. The minimum atomic E-state index is -0.123. The van der Waals surface area contributed by atoms with Crippen LogP contribution in [-0.2, 0) is 6.42 Å². The number of aryl methyl sites for hydroxylation is 1. The molecule has 0 spiro atoms. The SMILES string of the molecule is CCCCCCNC(=O)c1noc(CC)c1C. The molecule has 4 nitrogen and oxygen atoms in total. The zero-order valence-corrected chi connectivity index (χ0v) is 11.0. The van der Waals surface area contributed by atoms with Gasteiger partial charge in [0.15, 0.2) is 5.69 Å². The topological polar surface area (TPSA) is 55.1 Å². The molecule has 0 atom stereocenters. The Labute approximate surface area is 103 Å². The van der Waals surface area contributed by atoms with E-state index in [0.717, 1.165) is 30.6 Å². The first kappa shape index (κ1) is 13.7. The summed E-state index contributed by atoms with van der Waals surface area (Å²) in [4.78, 5) is 11.8. The van der Waals surface area contributed by atoms with E-state index in [2.05, 4.69) is 17.4 Å². The number of rotatable bonds is 7. The maximum atomic E-state index is 11.8. The van der Waals surface area contributed by atoms with Crippen molar-refractivity contribution in [2.24, 2.45) is 0 Å². The first-order valence-corrected chi connectivity index (χ1v) is 6.44. The largest absolute Gasteiger partial charge is 0.360 e. The lowest BCUT2D eigenvalue weighted by molar-refractivity contribution is 0.0943. The third kappa shape index (κ3) is 3.88. The van der Waals surface area contributed by atoms with Gasteiger partial charge in [0.2, 0.25) is 0 Å². The lowest BCUT2D eigenvalue weighted by atomic mass is 10.1. The van der Waals surface area contributed by atoms with Crippen molar-refractivity contribution >= 4 is 5.91 Å². The molecule has 0 saturated carbocycles. The molecule has 96 valence electrons. The van der Waals surface area contributed by atoms with Crippen LogP contribution in [0.2, 0.25) is 0 Å².